The van der Waals surface area contributed by atoms with Crippen molar-refractivity contribution >= 4 is 32.6 Å². The van der Waals surface area contributed by atoms with Crippen molar-refractivity contribution in [3.05, 3.63) is 158 Å². The summed E-state index contributed by atoms with van der Waals surface area (Å²) >= 11 is 0. The van der Waals surface area contributed by atoms with Crippen molar-refractivity contribution in [2.45, 2.75) is 0 Å². The lowest BCUT2D eigenvalue weighted by Gasteiger charge is -2.13. The van der Waals surface area contributed by atoms with Gasteiger partial charge in [-0.2, -0.15) is 0 Å². The van der Waals surface area contributed by atoms with Crippen molar-refractivity contribution in [3.63, 3.8) is 0 Å². The van der Waals surface area contributed by atoms with E-state index in [-0.39, 0.29) is 0 Å². The Hall–Kier alpha value is -5.47. The molecular formula is C39H26N2. The molecule has 0 saturated carbocycles. The van der Waals surface area contributed by atoms with Gasteiger partial charge in [-0.3, -0.25) is 4.57 Å². The second-order valence-corrected chi connectivity index (χ2v) is 10.4. The minimum Gasteiger partial charge on any atom is -0.293 e. The van der Waals surface area contributed by atoms with Gasteiger partial charge in [0.05, 0.1) is 11.0 Å². The van der Waals surface area contributed by atoms with E-state index in [0.717, 1.165) is 16.9 Å². The highest BCUT2D eigenvalue weighted by Crippen LogP contribution is 2.38. The second-order valence-electron chi connectivity index (χ2n) is 10.4. The monoisotopic (exact) mass is 522 g/mol. The van der Waals surface area contributed by atoms with Crippen molar-refractivity contribution in [2.75, 3.05) is 0 Å². The van der Waals surface area contributed by atoms with Crippen LogP contribution in [-0.4, -0.2) is 9.55 Å². The lowest BCUT2D eigenvalue weighted by molar-refractivity contribution is 1.08. The Kier molecular flexibility index (Phi) is 5.49. The zero-order valence-electron chi connectivity index (χ0n) is 22.4. The topological polar surface area (TPSA) is 17.8 Å². The first-order valence-electron chi connectivity index (χ1n) is 14.0. The summed E-state index contributed by atoms with van der Waals surface area (Å²) in [5.74, 6) is 0.917. The Bertz CT molecular complexity index is 2210. The molecule has 0 aliphatic rings. The zero-order valence-corrected chi connectivity index (χ0v) is 22.4. The smallest absolute Gasteiger partial charge is 0.138 e. The summed E-state index contributed by atoms with van der Waals surface area (Å²) < 4.78 is 2.32. The molecule has 0 unspecified atom stereocenters. The van der Waals surface area contributed by atoms with Crippen molar-refractivity contribution in [1.82, 2.24) is 9.55 Å². The van der Waals surface area contributed by atoms with Crippen LogP contribution in [-0.2, 0) is 0 Å². The van der Waals surface area contributed by atoms with Gasteiger partial charge in [0.15, 0.2) is 0 Å². The summed E-state index contributed by atoms with van der Waals surface area (Å²) in [5, 5.41) is 4.93. The second kappa shape index (κ2) is 9.62. The van der Waals surface area contributed by atoms with Gasteiger partial charge >= 0.3 is 0 Å². The Morgan fingerprint density at radius 3 is 1.95 bits per heavy atom. The number of rotatable bonds is 4. The predicted molar refractivity (Wildman–Crippen MR) is 172 cm³/mol. The number of benzene rings is 6. The molecule has 0 atom stereocenters. The van der Waals surface area contributed by atoms with E-state index in [1.165, 1.54) is 54.9 Å². The fourth-order valence-electron chi connectivity index (χ4n) is 6.16. The first kappa shape index (κ1) is 23.4. The molecular weight excluding hydrogens is 496 g/mol. The van der Waals surface area contributed by atoms with Crippen LogP contribution in [0.3, 0.4) is 0 Å². The molecule has 41 heavy (non-hydrogen) atoms. The number of aromatic nitrogens is 2. The maximum atomic E-state index is 4.91. The average Bonchev–Trinajstić information content (AvgIpc) is 3.40. The van der Waals surface area contributed by atoms with Gasteiger partial charge < -0.3 is 0 Å². The molecule has 2 aromatic heterocycles. The van der Waals surface area contributed by atoms with Crippen LogP contribution < -0.4 is 0 Å². The molecule has 0 saturated heterocycles. The normalized spacial score (nSPS) is 11.4. The molecule has 0 spiro atoms. The molecule has 2 heteroatoms. The number of nitrogens with zero attached hydrogens (tertiary/aromatic N) is 2. The van der Waals surface area contributed by atoms with Gasteiger partial charge in [-0.1, -0.05) is 127 Å². The predicted octanol–water partition coefficient (Wildman–Crippen LogP) is 10.3. The van der Waals surface area contributed by atoms with Gasteiger partial charge in [-0.25, -0.2) is 4.98 Å². The van der Waals surface area contributed by atoms with E-state index >= 15 is 0 Å². The molecule has 2 heterocycles. The largest absolute Gasteiger partial charge is 0.293 e. The highest BCUT2D eigenvalue weighted by molar-refractivity contribution is 6.18. The number of pyridine rings is 1. The van der Waals surface area contributed by atoms with Crippen molar-refractivity contribution in [1.29, 1.82) is 0 Å². The summed E-state index contributed by atoms with van der Waals surface area (Å²) in [6, 6.07) is 54.1. The molecule has 8 rings (SSSR count). The fraction of sp³-hybridized carbons (Fsp3) is 0. The van der Waals surface area contributed by atoms with E-state index in [1.807, 2.05) is 6.20 Å². The molecule has 0 bridgehead atoms. The standard InChI is InChI=1S/C39H26N2/c1-2-11-27(12-3-1)32-16-6-7-17-33(32)31-15-10-14-29(25-31)30-23-24-40-38(26-30)41-37-20-9-8-19-35(37)36-22-21-28-13-4-5-18-34(28)39(36)41/h1-26H. The molecule has 0 amide bonds. The van der Waals surface area contributed by atoms with E-state index in [9.17, 15) is 0 Å². The maximum absolute atomic E-state index is 4.91. The van der Waals surface area contributed by atoms with Gasteiger partial charge in [0.2, 0.25) is 0 Å². The lowest BCUT2D eigenvalue weighted by Crippen LogP contribution is -1.98. The molecule has 0 fully saturated rings. The minimum atomic E-state index is 0.917. The van der Waals surface area contributed by atoms with Crippen LogP contribution in [0.2, 0.25) is 0 Å². The van der Waals surface area contributed by atoms with Gasteiger partial charge in [0, 0.05) is 22.4 Å². The van der Waals surface area contributed by atoms with Crippen LogP contribution in [0, 0.1) is 0 Å². The summed E-state index contributed by atoms with van der Waals surface area (Å²) in [4.78, 5) is 4.91. The Balaban J connectivity index is 1.30. The van der Waals surface area contributed by atoms with Crippen LogP contribution in [0.4, 0.5) is 0 Å². The van der Waals surface area contributed by atoms with Crippen molar-refractivity contribution < 1.29 is 0 Å². The molecule has 0 N–H and O–H groups in total. The zero-order chi connectivity index (χ0) is 27.2. The summed E-state index contributed by atoms with van der Waals surface area (Å²) in [6.45, 7) is 0. The molecule has 6 aromatic carbocycles. The lowest BCUT2D eigenvalue weighted by atomic mass is 9.93. The highest BCUT2D eigenvalue weighted by atomic mass is 15.1. The summed E-state index contributed by atoms with van der Waals surface area (Å²) in [5.41, 5.74) is 9.54. The maximum Gasteiger partial charge on any atom is 0.138 e. The van der Waals surface area contributed by atoms with Crippen LogP contribution in [0.15, 0.2) is 158 Å². The minimum absolute atomic E-state index is 0.917. The number of hydrogen-bond acceptors (Lipinski definition) is 1. The number of fused-ring (bicyclic) bond motifs is 5. The van der Waals surface area contributed by atoms with Crippen molar-refractivity contribution in [3.8, 4) is 39.2 Å². The molecule has 0 aliphatic carbocycles. The third kappa shape index (κ3) is 3.92. The van der Waals surface area contributed by atoms with Gasteiger partial charge in [0.1, 0.15) is 5.82 Å². The highest BCUT2D eigenvalue weighted by Gasteiger charge is 2.16. The Morgan fingerprint density at radius 2 is 1.07 bits per heavy atom. The molecule has 192 valence electrons. The molecule has 2 nitrogen and oxygen atoms in total. The van der Waals surface area contributed by atoms with E-state index < -0.39 is 0 Å². The van der Waals surface area contributed by atoms with Crippen LogP contribution in [0.1, 0.15) is 0 Å². The van der Waals surface area contributed by atoms with Crippen LogP contribution >= 0.6 is 0 Å². The molecule has 0 aliphatic heterocycles. The van der Waals surface area contributed by atoms with Gasteiger partial charge in [-0.15, -0.1) is 0 Å². The summed E-state index contributed by atoms with van der Waals surface area (Å²) in [6.07, 6.45) is 1.93. The fourth-order valence-corrected chi connectivity index (χ4v) is 6.16. The van der Waals surface area contributed by atoms with Gasteiger partial charge in [0.25, 0.3) is 0 Å². The Labute approximate surface area is 238 Å². The van der Waals surface area contributed by atoms with E-state index in [2.05, 4.69) is 156 Å². The molecule has 0 radical (unpaired) electrons. The van der Waals surface area contributed by atoms with E-state index in [1.54, 1.807) is 0 Å². The molecule has 8 aromatic rings. The Morgan fingerprint density at radius 1 is 0.415 bits per heavy atom. The number of para-hydroxylation sites is 1. The van der Waals surface area contributed by atoms with Crippen LogP contribution in [0.25, 0.3) is 71.8 Å². The first-order chi connectivity index (χ1) is 20.3. The number of hydrogen-bond donors (Lipinski definition) is 0. The van der Waals surface area contributed by atoms with Crippen molar-refractivity contribution in [2.24, 2.45) is 0 Å². The van der Waals surface area contributed by atoms with Crippen LogP contribution in [0.5, 0.6) is 0 Å². The first-order valence-corrected chi connectivity index (χ1v) is 14.0. The average molecular weight is 523 g/mol. The third-order valence-corrected chi connectivity index (χ3v) is 8.05. The quantitative estimate of drug-likeness (QED) is 0.225. The van der Waals surface area contributed by atoms with Gasteiger partial charge in [-0.05, 0) is 63.0 Å². The van der Waals surface area contributed by atoms with E-state index in [4.69, 9.17) is 4.98 Å². The SMILES string of the molecule is c1ccc(-c2ccccc2-c2cccc(-c3ccnc(-n4c5ccccc5c5ccc6ccccc6c54)c3)c2)cc1. The van der Waals surface area contributed by atoms with E-state index in [0.29, 0.717) is 0 Å². The third-order valence-electron chi connectivity index (χ3n) is 8.05. The summed E-state index contributed by atoms with van der Waals surface area (Å²) in [7, 11) is 0.